The quantitative estimate of drug-likeness (QED) is 0.843. The normalized spacial score (nSPS) is 10.3. The summed E-state index contributed by atoms with van der Waals surface area (Å²) in [5.41, 5.74) is 0.0361. The van der Waals surface area contributed by atoms with Crippen molar-refractivity contribution in [1.29, 1.82) is 0 Å². The van der Waals surface area contributed by atoms with E-state index in [1.54, 1.807) is 18.2 Å². The van der Waals surface area contributed by atoms with Gasteiger partial charge in [-0.15, -0.1) is 0 Å². The Bertz CT molecular complexity index is 679. The highest BCUT2D eigenvalue weighted by atomic mass is 35.5. The molecular weight excluding hydrogens is 305 g/mol. The molecule has 2 aromatic carbocycles. The van der Waals surface area contributed by atoms with E-state index in [-0.39, 0.29) is 6.54 Å². The molecule has 0 saturated carbocycles. The molecule has 0 radical (unpaired) electrons. The van der Waals surface area contributed by atoms with Crippen LogP contribution < -0.4 is 10.6 Å². The van der Waals surface area contributed by atoms with Gasteiger partial charge in [-0.05, 0) is 18.2 Å². The second-order valence-corrected chi connectivity index (χ2v) is 4.60. The third-order valence-electron chi connectivity index (χ3n) is 2.54. The largest absolute Gasteiger partial charge is 0.374 e. The highest BCUT2D eigenvalue weighted by Gasteiger charge is 2.12. The SMILES string of the molecule is O=C(CNc1cc(F)cc(F)c1F)Nc1cccc(Cl)c1. The minimum Gasteiger partial charge on any atom is -0.374 e. The van der Waals surface area contributed by atoms with Crippen LogP contribution in [0, 0.1) is 17.5 Å². The van der Waals surface area contributed by atoms with Gasteiger partial charge in [0.05, 0.1) is 12.2 Å². The van der Waals surface area contributed by atoms with E-state index in [0.717, 1.165) is 6.07 Å². The molecule has 0 aliphatic carbocycles. The molecule has 21 heavy (non-hydrogen) atoms. The summed E-state index contributed by atoms with van der Waals surface area (Å²) in [4.78, 5) is 11.7. The first-order chi connectivity index (χ1) is 9.95. The van der Waals surface area contributed by atoms with E-state index in [1.807, 2.05) is 0 Å². The molecule has 2 rings (SSSR count). The lowest BCUT2D eigenvalue weighted by molar-refractivity contribution is -0.114. The van der Waals surface area contributed by atoms with Crippen molar-refractivity contribution < 1.29 is 18.0 Å². The zero-order chi connectivity index (χ0) is 15.4. The Morgan fingerprint density at radius 1 is 1.14 bits per heavy atom. The molecule has 2 aromatic rings. The predicted octanol–water partition coefficient (Wildman–Crippen LogP) is 3.81. The third kappa shape index (κ3) is 4.13. The number of anilines is 2. The fourth-order valence-electron chi connectivity index (χ4n) is 1.63. The van der Waals surface area contributed by atoms with Crippen LogP contribution in [0.3, 0.4) is 0 Å². The molecule has 2 N–H and O–H groups in total. The Hall–Kier alpha value is -2.21. The van der Waals surface area contributed by atoms with E-state index >= 15 is 0 Å². The van der Waals surface area contributed by atoms with Crippen molar-refractivity contribution in [2.75, 3.05) is 17.2 Å². The first-order valence-electron chi connectivity index (χ1n) is 5.89. The van der Waals surface area contributed by atoms with E-state index in [2.05, 4.69) is 10.6 Å². The fourth-order valence-corrected chi connectivity index (χ4v) is 1.82. The van der Waals surface area contributed by atoms with Gasteiger partial charge in [-0.1, -0.05) is 17.7 Å². The minimum absolute atomic E-state index is 0.355. The number of hydrogen-bond donors (Lipinski definition) is 2. The average molecular weight is 315 g/mol. The molecule has 0 aliphatic heterocycles. The number of rotatable bonds is 4. The van der Waals surface area contributed by atoms with Crippen LogP contribution >= 0.6 is 11.6 Å². The van der Waals surface area contributed by atoms with Crippen LogP contribution in [0.2, 0.25) is 5.02 Å². The molecule has 3 nitrogen and oxygen atoms in total. The fraction of sp³-hybridized carbons (Fsp3) is 0.0714. The maximum Gasteiger partial charge on any atom is 0.243 e. The zero-order valence-corrected chi connectivity index (χ0v) is 11.3. The molecule has 0 aromatic heterocycles. The van der Waals surface area contributed by atoms with Gasteiger partial charge in [0.1, 0.15) is 5.82 Å². The van der Waals surface area contributed by atoms with Crippen molar-refractivity contribution in [3.63, 3.8) is 0 Å². The van der Waals surface area contributed by atoms with Gasteiger partial charge in [-0.25, -0.2) is 13.2 Å². The van der Waals surface area contributed by atoms with E-state index < -0.39 is 29.0 Å². The summed E-state index contributed by atoms with van der Waals surface area (Å²) in [6.07, 6.45) is 0. The van der Waals surface area contributed by atoms with Crippen LogP contribution in [0.25, 0.3) is 0 Å². The summed E-state index contributed by atoms with van der Waals surface area (Å²) in [5, 5.41) is 5.28. The van der Waals surface area contributed by atoms with Crippen molar-refractivity contribution in [1.82, 2.24) is 0 Å². The van der Waals surface area contributed by atoms with Crippen molar-refractivity contribution >= 4 is 28.9 Å². The summed E-state index contributed by atoms with van der Waals surface area (Å²) in [6, 6.07) is 7.62. The maximum absolute atomic E-state index is 13.4. The van der Waals surface area contributed by atoms with Crippen molar-refractivity contribution in [3.8, 4) is 0 Å². The van der Waals surface area contributed by atoms with Crippen molar-refractivity contribution in [3.05, 3.63) is 58.9 Å². The molecule has 0 spiro atoms. The van der Waals surface area contributed by atoms with E-state index in [9.17, 15) is 18.0 Å². The molecular formula is C14H10ClF3N2O. The predicted molar refractivity (Wildman–Crippen MR) is 74.9 cm³/mol. The minimum atomic E-state index is -1.33. The van der Waals surface area contributed by atoms with E-state index in [4.69, 9.17) is 11.6 Å². The van der Waals surface area contributed by atoms with Gasteiger partial charge in [0.15, 0.2) is 11.6 Å². The smallest absolute Gasteiger partial charge is 0.243 e. The zero-order valence-electron chi connectivity index (χ0n) is 10.6. The summed E-state index contributed by atoms with van der Waals surface area (Å²) in [7, 11) is 0. The second-order valence-electron chi connectivity index (χ2n) is 4.16. The van der Waals surface area contributed by atoms with Gasteiger partial charge >= 0.3 is 0 Å². The number of carbonyl (C=O) groups excluding carboxylic acids is 1. The highest BCUT2D eigenvalue weighted by Crippen LogP contribution is 2.19. The van der Waals surface area contributed by atoms with Gasteiger partial charge < -0.3 is 10.6 Å². The third-order valence-corrected chi connectivity index (χ3v) is 2.78. The first kappa shape index (κ1) is 15.2. The van der Waals surface area contributed by atoms with E-state index in [0.29, 0.717) is 16.8 Å². The molecule has 0 atom stereocenters. The lowest BCUT2D eigenvalue weighted by atomic mass is 10.2. The van der Waals surface area contributed by atoms with Crippen LogP contribution in [-0.4, -0.2) is 12.5 Å². The molecule has 0 fully saturated rings. The van der Waals surface area contributed by atoms with Gasteiger partial charge in [0.25, 0.3) is 0 Å². The molecule has 0 bridgehead atoms. The molecule has 1 amide bonds. The van der Waals surface area contributed by atoms with Gasteiger partial charge in [0.2, 0.25) is 5.91 Å². The maximum atomic E-state index is 13.4. The summed E-state index contributed by atoms with van der Waals surface area (Å²) in [6.45, 7) is -0.355. The van der Waals surface area contributed by atoms with Gasteiger partial charge in [-0.2, -0.15) is 0 Å². The van der Waals surface area contributed by atoms with Crippen LogP contribution in [0.15, 0.2) is 36.4 Å². The number of nitrogens with one attached hydrogen (secondary N) is 2. The topological polar surface area (TPSA) is 41.1 Å². The molecule has 0 aliphatic rings. The number of amides is 1. The molecule has 0 unspecified atom stereocenters. The van der Waals surface area contributed by atoms with Crippen LogP contribution in [0.1, 0.15) is 0 Å². The Kier molecular flexibility index (Phi) is 4.70. The molecule has 110 valence electrons. The average Bonchev–Trinajstić information content (AvgIpc) is 2.41. The number of halogens is 4. The van der Waals surface area contributed by atoms with Crippen molar-refractivity contribution in [2.45, 2.75) is 0 Å². The van der Waals surface area contributed by atoms with E-state index in [1.165, 1.54) is 6.07 Å². The highest BCUT2D eigenvalue weighted by molar-refractivity contribution is 6.30. The van der Waals surface area contributed by atoms with Gasteiger partial charge in [-0.3, -0.25) is 4.79 Å². The Labute approximate surface area is 123 Å². The summed E-state index contributed by atoms with van der Waals surface area (Å²) < 4.78 is 39.3. The van der Waals surface area contributed by atoms with Crippen LogP contribution in [0.5, 0.6) is 0 Å². The molecule has 0 saturated heterocycles. The Morgan fingerprint density at radius 2 is 1.90 bits per heavy atom. The molecule has 7 heteroatoms. The first-order valence-corrected chi connectivity index (χ1v) is 6.27. The van der Waals surface area contributed by atoms with Crippen molar-refractivity contribution in [2.24, 2.45) is 0 Å². The second kappa shape index (κ2) is 6.49. The lowest BCUT2D eigenvalue weighted by Gasteiger charge is -2.09. The Balaban J connectivity index is 1.98. The van der Waals surface area contributed by atoms with Crippen LogP contribution in [-0.2, 0) is 4.79 Å². The summed E-state index contributed by atoms with van der Waals surface area (Å²) >= 11 is 5.76. The Morgan fingerprint density at radius 3 is 2.62 bits per heavy atom. The number of benzene rings is 2. The number of carbonyl (C=O) groups is 1. The van der Waals surface area contributed by atoms with Gasteiger partial charge in [0, 0.05) is 22.8 Å². The van der Waals surface area contributed by atoms with Crippen LogP contribution in [0.4, 0.5) is 24.5 Å². The summed E-state index contributed by atoms with van der Waals surface area (Å²) in [5.74, 6) is -4.02. The standard InChI is InChI=1S/C14H10ClF3N2O/c15-8-2-1-3-10(4-8)20-13(21)7-19-12-6-9(16)5-11(17)14(12)18/h1-6,19H,7H2,(H,20,21). The number of hydrogen-bond acceptors (Lipinski definition) is 2. The lowest BCUT2D eigenvalue weighted by Crippen LogP contribution is -2.22. The monoisotopic (exact) mass is 314 g/mol. The molecule has 0 heterocycles.